The van der Waals surface area contributed by atoms with Gasteiger partial charge in [-0.15, -0.1) is 10.2 Å². The van der Waals surface area contributed by atoms with Crippen LogP contribution in [0.3, 0.4) is 0 Å². The quantitative estimate of drug-likeness (QED) is 0.807. The first kappa shape index (κ1) is 16.8. The number of hydrogen-bond donors (Lipinski definition) is 0. The fraction of sp³-hybridized carbons (Fsp3) is 0.812. The van der Waals surface area contributed by atoms with Crippen molar-refractivity contribution in [3.05, 3.63) is 11.8 Å². The molecule has 1 aromatic heterocycles. The molecular formula is C16H22F2N4O3. The Kier molecular flexibility index (Phi) is 4.03. The van der Waals surface area contributed by atoms with Crippen LogP contribution in [0, 0.1) is 18.3 Å². The maximum absolute atomic E-state index is 13.6. The van der Waals surface area contributed by atoms with E-state index in [2.05, 4.69) is 15.1 Å². The highest BCUT2D eigenvalue weighted by Crippen LogP contribution is 2.45. The second-order valence-corrected chi connectivity index (χ2v) is 7.40. The van der Waals surface area contributed by atoms with Gasteiger partial charge in [0.1, 0.15) is 0 Å². The lowest BCUT2D eigenvalue weighted by Crippen LogP contribution is -2.51. The van der Waals surface area contributed by atoms with E-state index in [1.165, 1.54) is 4.90 Å². The maximum atomic E-state index is 13.6. The molecule has 4 rings (SSSR count). The number of likely N-dealkylation sites (tertiary alicyclic amines) is 2. The highest BCUT2D eigenvalue weighted by molar-refractivity contribution is 5.84. The fourth-order valence-electron chi connectivity index (χ4n) is 4.34. The van der Waals surface area contributed by atoms with Crippen LogP contribution in [0.4, 0.5) is 8.78 Å². The van der Waals surface area contributed by atoms with E-state index in [0.717, 1.165) is 0 Å². The van der Waals surface area contributed by atoms with Gasteiger partial charge < -0.3 is 14.1 Å². The molecule has 3 fully saturated rings. The second kappa shape index (κ2) is 5.98. The Morgan fingerprint density at radius 2 is 2.16 bits per heavy atom. The second-order valence-electron chi connectivity index (χ2n) is 7.40. The summed E-state index contributed by atoms with van der Waals surface area (Å²) >= 11 is 0. The summed E-state index contributed by atoms with van der Waals surface area (Å²) < 4.78 is 38.1. The van der Waals surface area contributed by atoms with Crippen LogP contribution >= 0.6 is 0 Å². The van der Waals surface area contributed by atoms with Gasteiger partial charge in [-0.25, -0.2) is 8.78 Å². The molecule has 138 valence electrons. The molecule has 3 aliphatic rings. The summed E-state index contributed by atoms with van der Waals surface area (Å²) in [5.41, 5.74) is -0.645. The van der Waals surface area contributed by atoms with Crippen molar-refractivity contribution in [1.29, 1.82) is 0 Å². The topological polar surface area (TPSA) is 71.7 Å². The summed E-state index contributed by atoms with van der Waals surface area (Å²) in [5, 5.41) is 7.83. The molecule has 0 aromatic carbocycles. The van der Waals surface area contributed by atoms with Gasteiger partial charge in [-0.05, 0) is 6.42 Å². The molecule has 2 atom stereocenters. The smallest absolute Gasteiger partial charge is 0.267 e. The van der Waals surface area contributed by atoms with Crippen molar-refractivity contribution in [2.24, 2.45) is 11.3 Å². The predicted octanol–water partition coefficient (Wildman–Crippen LogP) is 1.08. The molecular weight excluding hydrogens is 334 g/mol. The number of aryl methyl sites for hydroxylation is 1. The molecule has 9 heteroatoms. The zero-order valence-electron chi connectivity index (χ0n) is 14.2. The van der Waals surface area contributed by atoms with Crippen LogP contribution in [0.1, 0.15) is 24.6 Å². The molecule has 4 heterocycles. The van der Waals surface area contributed by atoms with Gasteiger partial charge in [0, 0.05) is 45.5 Å². The summed E-state index contributed by atoms with van der Waals surface area (Å²) in [6.45, 7) is 4.00. The summed E-state index contributed by atoms with van der Waals surface area (Å²) in [5.74, 6) is -1.91. The monoisotopic (exact) mass is 356 g/mol. The van der Waals surface area contributed by atoms with Crippen LogP contribution in [0.25, 0.3) is 0 Å². The lowest BCUT2D eigenvalue weighted by Gasteiger charge is -2.39. The Labute approximate surface area is 144 Å². The number of halogens is 2. The summed E-state index contributed by atoms with van der Waals surface area (Å²) in [7, 11) is 0. The van der Waals surface area contributed by atoms with Crippen molar-refractivity contribution in [2.75, 3.05) is 39.4 Å². The molecule has 0 aliphatic carbocycles. The lowest BCUT2D eigenvalue weighted by atomic mass is 9.73. The number of aromatic nitrogens is 2. The van der Waals surface area contributed by atoms with Crippen molar-refractivity contribution in [2.45, 2.75) is 32.2 Å². The van der Waals surface area contributed by atoms with Crippen LogP contribution < -0.4 is 0 Å². The average Bonchev–Trinajstić information content (AvgIpc) is 3.24. The van der Waals surface area contributed by atoms with Gasteiger partial charge in [-0.2, -0.15) is 0 Å². The van der Waals surface area contributed by atoms with Gasteiger partial charge >= 0.3 is 0 Å². The molecule has 0 bridgehead atoms. The van der Waals surface area contributed by atoms with E-state index in [4.69, 9.17) is 9.15 Å². The number of rotatable bonds is 3. The third kappa shape index (κ3) is 3.03. The first-order chi connectivity index (χ1) is 11.9. The van der Waals surface area contributed by atoms with Crippen molar-refractivity contribution < 1.29 is 22.7 Å². The van der Waals surface area contributed by atoms with Crippen LogP contribution in [0.15, 0.2) is 4.42 Å². The fourth-order valence-corrected chi connectivity index (χ4v) is 4.34. The minimum absolute atomic E-state index is 0.00647. The molecule has 0 spiro atoms. The zero-order chi connectivity index (χ0) is 17.7. The summed E-state index contributed by atoms with van der Waals surface area (Å²) in [6, 6.07) is 0. The Hall–Kier alpha value is -1.61. The van der Waals surface area contributed by atoms with E-state index in [1.54, 1.807) is 6.92 Å². The SMILES string of the molecule is Cc1nnc(CN2CC3COCCC3(C(=O)N3CCC(F)(F)C3)C2)o1. The molecule has 0 saturated carbocycles. The maximum Gasteiger partial charge on any atom is 0.267 e. The molecule has 3 aliphatic heterocycles. The Balaban J connectivity index is 1.52. The molecule has 7 nitrogen and oxygen atoms in total. The Bertz CT molecular complexity index is 668. The van der Waals surface area contributed by atoms with Crippen LogP contribution in [0.5, 0.6) is 0 Å². The number of hydrogen-bond acceptors (Lipinski definition) is 6. The van der Waals surface area contributed by atoms with Gasteiger partial charge in [0.25, 0.3) is 5.92 Å². The van der Waals surface area contributed by atoms with Gasteiger partial charge in [0.05, 0.1) is 25.1 Å². The molecule has 0 N–H and O–H groups in total. The van der Waals surface area contributed by atoms with E-state index in [-0.39, 0.29) is 24.8 Å². The number of carbonyl (C=O) groups is 1. The number of nitrogens with zero attached hydrogens (tertiary/aromatic N) is 4. The van der Waals surface area contributed by atoms with Crippen LogP contribution in [-0.4, -0.2) is 71.2 Å². The molecule has 3 saturated heterocycles. The molecule has 1 aromatic rings. The zero-order valence-corrected chi connectivity index (χ0v) is 14.2. The van der Waals surface area contributed by atoms with Crippen molar-refractivity contribution in [1.82, 2.24) is 20.0 Å². The van der Waals surface area contributed by atoms with Crippen LogP contribution in [-0.2, 0) is 16.1 Å². The molecule has 1 amide bonds. The van der Waals surface area contributed by atoms with Gasteiger partial charge in [-0.3, -0.25) is 9.69 Å². The first-order valence-corrected chi connectivity index (χ1v) is 8.64. The van der Waals surface area contributed by atoms with Crippen molar-refractivity contribution in [3.63, 3.8) is 0 Å². The number of fused-ring (bicyclic) bond motifs is 1. The normalized spacial score (nSPS) is 32.1. The third-order valence-electron chi connectivity index (χ3n) is 5.59. The van der Waals surface area contributed by atoms with Crippen LogP contribution in [0.2, 0.25) is 0 Å². The predicted molar refractivity (Wildman–Crippen MR) is 81.8 cm³/mol. The highest BCUT2D eigenvalue weighted by atomic mass is 19.3. The molecule has 25 heavy (non-hydrogen) atoms. The van der Waals surface area contributed by atoms with E-state index >= 15 is 0 Å². The molecule has 2 unspecified atom stereocenters. The lowest BCUT2D eigenvalue weighted by molar-refractivity contribution is -0.151. The largest absolute Gasteiger partial charge is 0.424 e. The van der Waals surface area contributed by atoms with E-state index < -0.39 is 17.9 Å². The number of alkyl halides is 2. The number of ether oxygens (including phenoxy) is 1. The van der Waals surface area contributed by atoms with E-state index in [0.29, 0.717) is 51.1 Å². The molecule has 0 radical (unpaired) electrons. The van der Waals surface area contributed by atoms with Gasteiger partial charge in [0.15, 0.2) is 0 Å². The highest BCUT2D eigenvalue weighted by Gasteiger charge is 2.56. The summed E-state index contributed by atoms with van der Waals surface area (Å²) in [4.78, 5) is 16.6. The van der Waals surface area contributed by atoms with E-state index in [9.17, 15) is 13.6 Å². The first-order valence-electron chi connectivity index (χ1n) is 8.64. The van der Waals surface area contributed by atoms with E-state index in [1.807, 2.05) is 0 Å². The van der Waals surface area contributed by atoms with Crippen molar-refractivity contribution in [3.8, 4) is 0 Å². The minimum atomic E-state index is -2.77. The Morgan fingerprint density at radius 1 is 1.32 bits per heavy atom. The third-order valence-corrected chi connectivity index (χ3v) is 5.59. The standard InChI is InChI=1S/C16H22F2N4O3/c1-11-19-20-13(25-11)7-21-6-12-8-24-5-3-15(12,9-21)14(23)22-4-2-16(17,18)10-22/h12H,2-10H2,1H3. The number of carbonyl (C=O) groups excluding carboxylic acids is 1. The summed E-state index contributed by atoms with van der Waals surface area (Å²) in [6.07, 6.45) is 0.318. The number of amides is 1. The van der Waals surface area contributed by atoms with Crippen molar-refractivity contribution >= 4 is 5.91 Å². The van der Waals surface area contributed by atoms with Gasteiger partial charge in [-0.1, -0.05) is 0 Å². The van der Waals surface area contributed by atoms with Gasteiger partial charge in [0.2, 0.25) is 17.7 Å². The Morgan fingerprint density at radius 3 is 2.84 bits per heavy atom. The average molecular weight is 356 g/mol. The minimum Gasteiger partial charge on any atom is -0.424 e.